The van der Waals surface area contributed by atoms with E-state index in [0.29, 0.717) is 13.2 Å². The minimum atomic E-state index is -3.17. The van der Waals surface area contributed by atoms with Gasteiger partial charge in [0.1, 0.15) is 5.75 Å². The summed E-state index contributed by atoms with van der Waals surface area (Å²) in [5.41, 5.74) is 1.02. The number of ether oxygens (including phenoxy) is 1. The van der Waals surface area contributed by atoms with E-state index < -0.39 is 15.9 Å². The molecule has 0 radical (unpaired) electrons. The van der Waals surface area contributed by atoms with Crippen LogP contribution < -0.4 is 4.74 Å². The van der Waals surface area contributed by atoms with E-state index in [9.17, 15) is 13.5 Å². The zero-order valence-corrected chi connectivity index (χ0v) is 14.8. The van der Waals surface area contributed by atoms with E-state index in [1.54, 1.807) is 0 Å². The van der Waals surface area contributed by atoms with E-state index in [2.05, 4.69) is 0 Å². The number of hydrogen-bond donors (Lipinski definition) is 1. The van der Waals surface area contributed by atoms with E-state index >= 15 is 0 Å². The van der Waals surface area contributed by atoms with Crippen molar-refractivity contribution in [2.75, 3.05) is 25.2 Å². The molecule has 1 aliphatic rings. The second kappa shape index (κ2) is 6.70. The highest BCUT2D eigenvalue weighted by atomic mass is 32.2. The Labute approximate surface area is 142 Å². The fourth-order valence-electron chi connectivity index (χ4n) is 3.37. The number of nitrogens with zero attached hydrogens (tertiary/aromatic N) is 1. The van der Waals surface area contributed by atoms with E-state index in [-0.39, 0.29) is 17.5 Å². The third-order valence-corrected chi connectivity index (χ3v) is 6.26. The molecule has 0 spiro atoms. The van der Waals surface area contributed by atoms with Crippen LogP contribution in [0.1, 0.15) is 12.5 Å². The van der Waals surface area contributed by atoms with Gasteiger partial charge in [-0.3, -0.25) is 4.90 Å². The van der Waals surface area contributed by atoms with Crippen molar-refractivity contribution in [2.24, 2.45) is 0 Å². The van der Waals surface area contributed by atoms with Gasteiger partial charge in [-0.15, -0.1) is 0 Å². The number of aliphatic hydroxyl groups is 1. The van der Waals surface area contributed by atoms with Crippen LogP contribution >= 0.6 is 0 Å². The van der Waals surface area contributed by atoms with Gasteiger partial charge in [-0.2, -0.15) is 0 Å². The van der Waals surface area contributed by atoms with Gasteiger partial charge in [0.15, 0.2) is 9.84 Å². The maximum absolute atomic E-state index is 11.8. The Bertz CT molecular complexity index is 834. The largest absolute Gasteiger partial charge is 0.494 e. The molecular weight excluding hydrogens is 326 g/mol. The zero-order chi connectivity index (χ0) is 17.3. The molecule has 2 aromatic carbocycles. The molecule has 0 aromatic heterocycles. The van der Waals surface area contributed by atoms with Crippen molar-refractivity contribution in [3.05, 3.63) is 42.0 Å². The van der Waals surface area contributed by atoms with Crippen molar-refractivity contribution < 1.29 is 18.3 Å². The van der Waals surface area contributed by atoms with Gasteiger partial charge in [-0.05, 0) is 30.8 Å². The lowest BCUT2D eigenvalue weighted by Crippen LogP contribution is -2.40. The number of sulfone groups is 1. The summed E-state index contributed by atoms with van der Waals surface area (Å²) in [4.78, 5) is 1.92. The molecular formula is C18H23NO4S. The standard InChI is InChI=1S/C18H23NO4S/c1-3-23-18-9-8-13-6-4-5-7-14(13)15(18)10-19(2)16-11-24(21,22)12-17(16)20/h4-9,16-17,20H,3,10-12H2,1-2H3/t16-,17-/m1/s1. The maximum atomic E-state index is 11.8. The van der Waals surface area contributed by atoms with Crippen LogP contribution in [0.3, 0.4) is 0 Å². The van der Waals surface area contributed by atoms with Crippen LogP contribution in [-0.4, -0.2) is 55.7 Å². The molecule has 3 rings (SSSR count). The van der Waals surface area contributed by atoms with E-state index in [4.69, 9.17) is 4.74 Å². The molecule has 1 saturated heterocycles. The lowest BCUT2D eigenvalue weighted by Gasteiger charge is -2.27. The molecule has 2 aromatic rings. The first-order valence-corrected chi connectivity index (χ1v) is 9.95. The lowest BCUT2D eigenvalue weighted by molar-refractivity contribution is 0.0954. The fraction of sp³-hybridized carbons (Fsp3) is 0.444. The number of hydrogen-bond acceptors (Lipinski definition) is 5. The minimum absolute atomic E-state index is 0.000594. The quantitative estimate of drug-likeness (QED) is 0.892. The van der Waals surface area contributed by atoms with Crippen LogP contribution in [0, 0.1) is 0 Å². The third kappa shape index (κ3) is 3.41. The topological polar surface area (TPSA) is 66.8 Å². The van der Waals surface area contributed by atoms with E-state index in [1.807, 2.05) is 55.3 Å². The van der Waals surface area contributed by atoms with Crippen molar-refractivity contribution in [1.29, 1.82) is 0 Å². The summed E-state index contributed by atoms with van der Waals surface area (Å²) in [5, 5.41) is 12.3. The fourth-order valence-corrected chi connectivity index (χ4v) is 5.24. The highest BCUT2D eigenvalue weighted by molar-refractivity contribution is 7.91. The summed E-state index contributed by atoms with van der Waals surface area (Å²) in [6.07, 6.45) is -0.842. The Morgan fingerprint density at radius 1 is 1.21 bits per heavy atom. The van der Waals surface area contributed by atoms with Crippen LogP contribution in [0.15, 0.2) is 36.4 Å². The summed E-state index contributed by atoms with van der Waals surface area (Å²) in [6.45, 7) is 3.03. The molecule has 0 saturated carbocycles. The van der Waals surface area contributed by atoms with Crippen molar-refractivity contribution in [2.45, 2.75) is 25.6 Å². The van der Waals surface area contributed by atoms with Crippen LogP contribution in [0.4, 0.5) is 0 Å². The smallest absolute Gasteiger partial charge is 0.154 e. The molecule has 1 fully saturated rings. The molecule has 1 heterocycles. The van der Waals surface area contributed by atoms with Crippen molar-refractivity contribution in [1.82, 2.24) is 4.90 Å². The SMILES string of the molecule is CCOc1ccc2ccccc2c1CN(C)[C@@H]1CS(=O)(=O)C[C@H]1O. The van der Waals surface area contributed by atoms with Gasteiger partial charge < -0.3 is 9.84 Å². The van der Waals surface area contributed by atoms with Gasteiger partial charge >= 0.3 is 0 Å². The zero-order valence-electron chi connectivity index (χ0n) is 14.0. The molecule has 130 valence electrons. The highest BCUT2D eigenvalue weighted by Gasteiger charge is 2.38. The Morgan fingerprint density at radius 3 is 2.62 bits per heavy atom. The van der Waals surface area contributed by atoms with Crippen molar-refractivity contribution in [3.63, 3.8) is 0 Å². The first kappa shape index (κ1) is 17.2. The highest BCUT2D eigenvalue weighted by Crippen LogP contribution is 2.30. The predicted octanol–water partition coefficient (Wildman–Crippen LogP) is 1.83. The average molecular weight is 349 g/mol. The van der Waals surface area contributed by atoms with Gasteiger partial charge in [0.25, 0.3) is 0 Å². The lowest BCUT2D eigenvalue weighted by atomic mass is 10.0. The maximum Gasteiger partial charge on any atom is 0.154 e. The van der Waals surface area contributed by atoms with Gasteiger partial charge in [-0.25, -0.2) is 8.42 Å². The van der Waals surface area contributed by atoms with E-state index in [1.165, 1.54) is 0 Å². The summed E-state index contributed by atoms with van der Waals surface area (Å²) in [7, 11) is -1.31. The molecule has 1 aliphatic heterocycles. The Morgan fingerprint density at radius 2 is 1.96 bits per heavy atom. The number of likely N-dealkylation sites (N-methyl/N-ethyl adjacent to an activating group) is 1. The second-order valence-electron chi connectivity index (χ2n) is 6.32. The second-order valence-corrected chi connectivity index (χ2v) is 8.48. The van der Waals surface area contributed by atoms with Gasteiger partial charge in [0.05, 0.1) is 30.3 Å². The van der Waals surface area contributed by atoms with Crippen LogP contribution in [0.25, 0.3) is 10.8 Å². The normalized spacial score (nSPS) is 23.0. The average Bonchev–Trinajstić information content (AvgIpc) is 2.82. The summed E-state index contributed by atoms with van der Waals surface area (Å²) in [5.74, 6) is 0.647. The Hall–Kier alpha value is -1.63. The number of rotatable bonds is 5. The summed E-state index contributed by atoms with van der Waals surface area (Å²) < 4.78 is 29.3. The van der Waals surface area contributed by atoms with Gasteiger partial charge in [-0.1, -0.05) is 30.3 Å². The predicted molar refractivity (Wildman–Crippen MR) is 95.0 cm³/mol. The third-order valence-electron chi connectivity index (χ3n) is 4.56. The van der Waals surface area contributed by atoms with E-state index in [0.717, 1.165) is 22.1 Å². The number of fused-ring (bicyclic) bond motifs is 1. The molecule has 1 N–H and O–H groups in total. The molecule has 0 unspecified atom stereocenters. The van der Waals surface area contributed by atoms with Crippen LogP contribution in [-0.2, 0) is 16.4 Å². The molecule has 24 heavy (non-hydrogen) atoms. The van der Waals surface area contributed by atoms with Crippen LogP contribution in [0.5, 0.6) is 5.75 Å². The van der Waals surface area contributed by atoms with Gasteiger partial charge in [0.2, 0.25) is 0 Å². The number of benzene rings is 2. The molecule has 0 amide bonds. The van der Waals surface area contributed by atoms with Crippen LogP contribution in [0.2, 0.25) is 0 Å². The molecule has 0 bridgehead atoms. The Kier molecular flexibility index (Phi) is 4.80. The molecule has 0 aliphatic carbocycles. The van der Waals surface area contributed by atoms with Crippen molar-refractivity contribution in [3.8, 4) is 5.75 Å². The minimum Gasteiger partial charge on any atom is -0.494 e. The molecule has 2 atom stereocenters. The monoisotopic (exact) mass is 349 g/mol. The Balaban J connectivity index is 1.95. The number of aliphatic hydroxyl groups excluding tert-OH is 1. The molecule has 6 heteroatoms. The first-order chi connectivity index (χ1) is 11.4. The summed E-state index contributed by atoms with van der Waals surface area (Å²) >= 11 is 0. The summed E-state index contributed by atoms with van der Waals surface area (Å²) in [6, 6.07) is 11.7. The first-order valence-electron chi connectivity index (χ1n) is 8.13. The van der Waals surface area contributed by atoms with Crippen molar-refractivity contribution >= 4 is 20.6 Å². The van der Waals surface area contributed by atoms with Gasteiger partial charge in [0, 0.05) is 12.1 Å². The molecule has 5 nitrogen and oxygen atoms in total.